The first-order chi connectivity index (χ1) is 8.58. The smallest absolute Gasteiger partial charge is 0.185 e. The van der Waals surface area contributed by atoms with Crippen molar-refractivity contribution in [2.75, 3.05) is 14.1 Å². The molecule has 1 aromatic heterocycles. The summed E-state index contributed by atoms with van der Waals surface area (Å²) in [7, 11) is 4.01. The van der Waals surface area contributed by atoms with Crippen molar-refractivity contribution in [3.63, 3.8) is 0 Å². The quantitative estimate of drug-likeness (QED) is 0.918. The number of benzene rings is 1. The molecule has 0 unspecified atom stereocenters. The predicted molar refractivity (Wildman–Crippen MR) is 71.0 cm³/mol. The molecule has 0 aliphatic rings. The zero-order chi connectivity index (χ0) is 13.1. The lowest BCUT2D eigenvalue weighted by atomic mass is 10.3. The zero-order valence-corrected chi connectivity index (χ0v) is 11.4. The Kier molecular flexibility index (Phi) is 3.96. The molecule has 2 rings (SSSR count). The second-order valence-electron chi connectivity index (χ2n) is 3.96. The molecule has 94 valence electrons. The van der Waals surface area contributed by atoms with Crippen LogP contribution in [0.15, 0.2) is 24.4 Å². The Morgan fingerprint density at radius 3 is 2.67 bits per heavy atom. The Morgan fingerprint density at radius 1 is 1.22 bits per heavy atom. The molecular formula is C11H12Cl2N5+. The Balaban J connectivity index is 2.39. The minimum absolute atomic E-state index is 0.470. The molecule has 0 bridgehead atoms. The predicted octanol–water partition coefficient (Wildman–Crippen LogP) is 1.08. The van der Waals surface area contributed by atoms with Crippen LogP contribution < -0.4 is 4.90 Å². The summed E-state index contributed by atoms with van der Waals surface area (Å²) in [5.74, 6) is 0.634. The third kappa shape index (κ3) is 2.87. The molecule has 7 heteroatoms. The first-order valence-corrected chi connectivity index (χ1v) is 6.05. The van der Waals surface area contributed by atoms with Gasteiger partial charge in [-0.1, -0.05) is 23.2 Å². The van der Waals surface area contributed by atoms with E-state index >= 15 is 0 Å². The van der Waals surface area contributed by atoms with Crippen LogP contribution in [0.2, 0.25) is 10.0 Å². The van der Waals surface area contributed by atoms with Crippen LogP contribution in [0.3, 0.4) is 0 Å². The summed E-state index contributed by atoms with van der Waals surface area (Å²) in [6.45, 7) is 0. The van der Waals surface area contributed by atoms with Crippen molar-refractivity contribution in [1.82, 2.24) is 20.2 Å². The van der Waals surface area contributed by atoms with Gasteiger partial charge in [-0.2, -0.15) is 4.68 Å². The van der Waals surface area contributed by atoms with E-state index in [4.69, 9.17) is 23.2 Å². The first kappa shape index (κ1) is 13.0. The van der Waals surface area contributed by atoms with E-state index in [2.05, 4.69) is 15.5 Å². The van der Waals surface area contributed by atoms with E-state index in [0.717, 1.165) is 5.69 Å². The van der Waals surface area contributed by atoms with Crippen LogP contribution in [-0.4, -0.2) is 34.3 Å². The molecule has 0 atom stereocenters. The van der Waals surface area contributed by atoms with Crippen LogP contribution in [0.25, 0.3) is 11.8 Å². The number of hydrogen-bond donors (Lipinski definition) is 1. The van der Waals surface area contributed by atoms with Crippen molar-refractivity contribution in [3.8, 4) is 5.69 Å². The summed E-state index contributed by atoms with van der Waals surface area (Å²) in [4.78, 5) is 1.17. The van der Waals surface area contributed by atoms with Gasteiger partial charge in [-0.05, 0) is 28.6 Å². The van der Waals surface area contributed by atoms with Crippen molar-refractivity contribution in [3.05, 3.63) is 40.3 Å². The molecule has 5 nitrogen and oxygen atoms in total. The second-order valence-corrected chi connectivity index (χ2v) is 4.77. The average Bonchev–Trinajstić information content (AvgIpc) is 2.78. The van der Waals surface area contributed by atoms with Crippen molar-refractivity contribution < 1.29 is 4.90 Å². The molecule has 0 amide bonds. The standard InChI is InChI=1S/C11H11Cl2N5/c1-17(2)6-5-11-14-15-16-18(11)8-3-4-9(12)10(13)7-8/h3-7H,1-2H3/p+1/b6-5+. The fourth-order valence-electron chi connectivity index (χ4n) is 1.34. The highest BCUT2D eigenvalue weighted by atomic mass is 35.5. The number of halogens is 2. The number of nitrogens with one attached hydrogen (secondary N) is 1. The van der Waals surface area contributed by atoms with Gasteiger partial charge in [0.05, 0.1) is 36.0 Å². The molecule has 0 aliphatic carbocycles. The van der Waals surface area contributed by atoms with E-state index < -0.39 is 0 Å². The number of hydrogen-bond acceptors (Lipinski definition) is 3. The first-order valence-electron chi connectivity index (χ1n) is 5.30. The maximum Gasteiger partial charge on any atom is 0.185 e. The Bertz CT molecular complexity index is 577. The number of aromatic nitrogens is 4. The fourth-order valence-corrected chi connectivity index (χ4v) is 1.63. The van der Waals surface area contributed by atoms with Gasteiger partial charge < -0.3 is 4.90 Å². The van der Waals surface area contributed by atoms with Gasteiger partial charge in [0.2, 0.25) is 0 Å². The van der Waals surface area contributed by atoms with Gasteiger partial charge in [-0.3, -0.25) is 0 Å². The summed E-state index contributed by atoms with van der Waals surface area (Å²) in [6.07, 6.45) is 3.79. The van der Waals surface area contributed by atoms with E-state index in [1.807, 2.05) is 32.4 Å². The van der Waals surface area contributed by atoms with E-state index in [-0.39, 0.29) is 0 Å². The lowest BCUT2D eigenvalue weighted by molar-refractivity contribution is -0.800. The summed E-state index contributed by atoms with van der Waals surface area (Å²) >= 11 is 11.8. The highest BCUT2D eigenvalue weighted by Gasteiger charge is 2.07. The minimum atomic E-state index is 0.470. The van der Waals surface area contributed by atoms with E-state index in [9.17, 15) is 0 Å². The second kappa shape index (κ2) is 5.48. The van der Waals surface area contributed by atoms with Gasteiger partial charge in [0.1, 0.15) is 0 Å². The van der Waals surface area contributed by atoms with Crippen molar-refractivity contribution in [2.24, 2.45) is 0 Å². The molecule has 2 aromatic rings. The maximum atomic E-state index is 5.97. The van der Waals surface area contributed by atoms with E-state index in [1.54, 1.807) is 16.8 Å². The largest absolute Gasteiger partial charge is 0.313 e. The molecule has 0 radical (unpaired) electrons. The van der Waals surface area contributed by atoms with Crippen LogP contribution in [0, 0.1) is 0 Å². The molecule has 18 heavy (non-hydrogen) atoms. The highest BCUT2D eigenvalue weighted by molar-refractivity contribution is 6.42. The molecule has 1 N–H and O–H groups in total. The zero-order valence-electron chi connectivity index (χ0n) is 9.93. The third-order valence-corrected chi connectivity index (χ3v) is 2.95. The molecule has 0 aliphatic heterocycles. The summed E-state index contributed by atoms with van der Waals surface area (Å²) in [5, 5.41) is 12.5. The Morgan fingerprint density at radius 2 is 2.00 bits per heavy atom. The van der Waals surface area contributed by atoms with Crippen molar-refractivity contribution in [1.29, 1.82) is 0 Å². The summed E-state index contributed by atoms with van der Waals surface area (Å²) in [6, 6.07) is 5.25. The molecular weight excluding hydrogens is 273 g/mol. The normalized spacial score (nSPS) is 11.6. The number of quaternary nitrogens is 1. The molecule has 0 saturated heterocycles. The molecule has 0 spiro atoms. The minimum Gasteiger partial charge on any atom is -0.313 e. The van der Waals surface area contributed by atoms with E-state index in [0.29, 0.717) is 15.9 Å². The number of rotatable bonds is 3. The van der Waals surface area contributed by atoms with Crippen molar-refractivity contribution in [2.45, 2.75) is 0 Å². The molecule has 1 heterocycles. The average molecular weight is 285 g/mol. The molecule has 0 fully saturated rings. The van der Waals surface area contributed by atoms with Crippen molar-refractivity contribution >= 4 is 29.3 Å². The van der Waals surface area contributed by atoms with Gasteiger partial charge in [0.15, 0.2) is 5.82 Å². The maximum absolute atomic E-state index is 5.97. The van der Waals surface area contributed by atoms with Gasteiger partial charge in [-0.25, -0.2) is 0 Å². The Hall–Kier alpha value is -1.43. The van der Waals surface area contributed by atoms with Crippen LogP contribution in [-0.2, 0) is 0 Å². The Labute approximate surface area is 115 Å². The van der Waals surface area contributed by atoms with E-state index in [1.165, 1.54) is 4.90 Å². The fraction of sp³-hybridized carbons (Fsp3) is 0.182. The van der Waals surface area contributed by atoms with Crippen LogP contribution in [0.4, 0.5) is 0 Å². The molecule has 1 aromatic carbocycles. The van der Waals surface area contributed by atoms with Gasteiger partial charge in [0, 0.05) is 6.08 Å². The van der Waals surface area contributed by atoms with Crippen LogP contribution >= 0.6 is 23.2 Å². The topological polar surface area (TPSA) is 48.0 Å². The SMILES string of the molecule is C[NH+](C)/C=C/c1nnnn1-c1ccc(Cl)c(Cl)c1. The lowest BCUT2D eigenvalue weighted by Crippen LogP contribution is -3.00. The summed E-state index contributed by atoms with van der Waals surface area (Å²) < 4.78 is 1.60. The molecule has 0 saturated carbocycles. The third-order valence-electron chi connectivity index (χ3n) is 2.21. The van der Waals surface area contributed by atoms with Gasteiger partial charge >= 0.3 is 0 Å². The van der Waals surface area contributed by atoms with Gasteiger partial charge in [-0.15, -0.1) is 5.10 Å². The number of tetrazole rings is 1. The van der Waals surface area contributed by atoms with Crippen LogP contribution in [0.5, 0.6) is 0 Å². The monoisotopic (exact) mass is 284 g/mol. The van der Waals surface area contributed by atoms with Gasteiger partial charge in [0.25, 0.3) is 0 Å². The highest BCUT2D eigenvalue weighted by Crippen LogP contribution is 2.24. The number of nitrogens with zero attached hydrogens (tertiary/aromatic N) is 4. The summed E-state index contributed by atoms with van der Waals surface area (Å²) in [5.41, 5.74) is 0.766. The lowest BCUT2D eigenvalue weighted by Gasteiger charge is -2.03. The van der Waals surface area contributed by atoms with Crippen LogP contribution in [0.1, 0.15) is 5.82 Å².